The molecule has 0 unspecified atom stereocenters. The van der Waals surface area contributed by atoms with Gasteiger partial charge in [-0.15, -0.1) is 0 Å². The van der Waals surface area contributed by atoms with Crippen LogP contribution in [0.2, 0.25) is 0 Å². The third-order valence-corrected chi connectivity index (χ3v) is 4.20. The highest BCUT2D eigenvalue weighted by molar-refractivity contribution is 6.39. The number of hydrogen-bond donors (Lipinski definition) is 1. The van der Waals surface area contributed by atoms with E-state index in [0.29, 0.717) is 17.0 Å². The first-order valence-corrected chi connectivity index (χ1v) is 8.61. The van der Waals surface area contributed by atoms with Crippen LogP contribution >= 0.6 is 0 Å². The molecule has 0 spiro atoms. The molecule has 1 heterocycles. The molecule has 1 N–H and O–H groups in total. The number of nitrogens with one attached hydrogen (secondary N) is 1. The number of barbiturate groups is 1. The number of nitriles is 1. The van der Waals surface area contributed by atoms with Crippen molar-refractivity contribution in [2.75, 3.05) is 18.6 Å². The molecule has 2 aromatic rings. The lowest BCUT2D eigenvalue weighted by Gasteiger charge is -2.26. The van der Waals surface area contributed by atoms with Crippen LogP contribution in [0.25, 0.3) is 6.08 Å². The summed E-state index contributed by atoms with van der Waals surface area (Å²) < 4.78 is 10.6. The summed E-state index contributed by atoms with van der Waals surface area (Å²) >= 11 is 0. The number of nitrogens with zero attached hydrogens (tertiary/aromatic N) is 2. The highest BCUT2D eigenvalue weighted by Crippen LogP contribution is 2.33. The zero-order chi connectivity index (χ0) is 21.0. The summed E-state index contributed by atoms with van der Waals surface area (Å²) in [6.45, 7) is 1.63. The SMILES string of the molecule is COc1cccc(C=C2C(=O)NC(=O)N(c3ccc(C)cc3)C2=O)c1OCC#N. The Kier molecular flexibility index (Phi) is 5.60. The number of amides is 4. The summed E-state index contributed by atoms with van der Waals surface area (Å²) in [6.07, 6.45) is 1.31. The monoisotopic (exact) mass is 391 g/mol. The van der Waals surface area contributed by atoms with Crippen LogP contribution in [0.1, 0.15) is 11.1 Å². The lowest BCUT2D eigenvalue weighted by atomic mass is 10.1. The van der Waals surface area contributed by atoms with E-state index in [1.54, 1.807) is 42.5 Å². The van der Waals surface area contributed by atoms with E-state index in [1.165, 1.54) is 13.2 Å². The number of rotatable bonds is 5. The molecular formula is C21H17N3O5. The van der Waals surface area contributed by atoms with E-state index in [2.05, 4.69) is 5.32 Å². The topological polar surface area (TPSA) is 109 Å². The van der Waals surface area contributed by atoms with Gasteiger partial charge in [-0.25, -0.2) is 9.69 Å². The molecular weight excluding hydrogens is 374 g/mol. The van der Waals surface area contributed by atoms with E-state index in [4.69, 9.17) is 14.7 Å². The number of urea groups is 1. The number of carbonyl (C=O) groups is 3. The van der Waals surface area contributed by atoms with Crippen molar-refractivity contribution in [1.29, 1.82) is 5.26 Å². The Labute approximate surface area is 166 Å². The number of ether oxygens (including phenoxy) is 2. The molecule has 3 rings (SSSR count). The van der Waals surface area contributed by atoms with Crippen LogP contribution < -0.4 is 19.7 Å². The van der Waals surface area contributed by atoms with Gasteiger partial charge in [0.25, 0.3) is 11.8 Å². The molecule has 29 heavy (non-hydrogen) atoms. The number of carbonyl (C=O) groups excluding carboxylic acids is 3. The highest BCUT2D eigenvalue weighted by Gasteiger charge is 2.37. The molecule has 0 aliphatic carbocycles. The molecule has 146 valence electrons. The minimum atomic E-state index is -0.826. The van der Waals surface area contributed by atoms with Crippen LogP contribution in [0.3, 0.4) is 0 Å². The first-order valence-electron chi connectivity index (χ1n) is 8.61. The number of imide groups is 2. The number of anilines is 1. The van der Waals surface area contributed by atoms with Crippen molar-refractivity contribution >= 4 is 29.6 Å². The van der Waals surface area contributed by atoms with Crippen molar-refractivity contribution in [3.63, 3.8) is 0 Å². The Balaban J connectivity index is 2.05. The second-order valence-corrected chi connectivity index (χ2v) is 6.12. The Bertz CT molecular complexity index is 1050. The smallest absolute Gasteiger partial charge is 0.335 e. The van der Waals surface area contributed by atoms with Gasteiger partial charge in [0.2, 0.25) is 0 Å². The minimum absolute atomic E-state index is 0.212. The maximum absolute atomic E-state index is 13.0. The van der Waals surface area contributed by atoms with E-state index in [1.807, 2.05) is 13.0 Å². The van der Waals surface area contributed by atoms with Crippen molar-refractivity contribution in [2.45, 2.75) is 6.92 Å². The highest BCUT2D eigenvalue weighted by atomic mass is 16.5. The van der Waals surface area contributed by atoms with Crippen molar-refractivity contribution in [3.05, 3.63) is 59.2 Å². The first-order chi connectivity index (χ1) is 14.0. The number of hydrogen-bond acceptors (Lipinski definition) is 6. The van der Waals surface area contributed by atoms with Gasteiger partial charge in [0, 0.05) is 5.56 Å². The van der Waals surface area contributed by atoms with Crippen LogP contribution in [-0.2, 0) is 9.59 Å². The Morgan fingerprint density at radius 3 is 2.52 bits per heavy atom. The molecule has 1 aliphatic heterocycles. The largest absolute Gasteiger partial charge is 0.493 e. The average molecular weight is 391 g/mol. The molecule has 0 atom stereocenters. The van der Waals surface area contributed by atoms with Crippen LogP contribution in [0.15, 0.2) is 48.0 Å². The second kappa shape index (κ2) is 8.27. The fraction of sp³-hybridized carbons (Fsp3) is 0.143. The van der Waals surface area contributed by atoms with Crippen LogP contribution in [0, 0.1) is 18.3 Å². The molecule has 0 radical (unpaired) electrons. The van der Waals surface area contributed by atoms with Gasteiger partial charge in [-0.2, -0.15) is 5.26 Å². The number of methoxy groups -OCH3 is 1. The number of aryl methyl sites for hydroxylation is 1. The van der Waals surface area contributed by atoms with Crippen molar-refractivity contribution in [2.24, 2.45) is 0 Å². The zero-order valence-electron chi connectivity index (χ0n) is 15.8. The normalized spacial score (nSPS) is 15.1. The van der Waals surface area contributed by atoms with Gasteiger partial charge in [0.1, 0.15) is 11.6 Å². The van der Waals surface area contributed by atoms with Gasteiger partial charge in [-0.05, 0) is 31.2 Å². The van der Waals surface area contributed by atoms with Crippen LogP contribution in [0.5, 0.6) is 11.5 Å². The third kappa shape index (κ3) is 3.94. The van der Waals surface area contributed by atoms with Gasteiger partial charge >= 0.3 is 6.03 Å². The summed E-state index contributed by atoms with van der Waals surface area (Å²) in [5, 5.41) is 11.0. The molecule has 1 aliphatic rings. The van der Waals surface area contributed by atoms with Crippen LogP contribution in [0.4, 0.5) is 10.5 Å². The summed E-state index contributed by atoms with van der Waals surface area (Å²) in [4.78, 5) is 38.5. The quantitative estimate of drug-likeness (QED) is 0.620. The predicted molar refractivity (Wildman–Crippen MR) is 104 cm³/mol. The predicted octanol–water partition coefficient (Wildman–Crippen LogP) is 2.57. The lowest BCUT2D eigenvalue weighted by Crippen LogP contribution is -2.54. The zero-order valence-corrected chi connectivity index (χ0v) is 15.8. The molecule has 0 aromatic heterocycles. The van der Waals surface area contributed by atoms with Crippen LogP contribution in [-0.4, -0.2) is 31.6 Å². The fourth-order valence-electron chi connectivity index (χ4n) is 2.81. The standard InChI is InChI=1S/C21H17N3O5/c1-13-6-8-15(9-7-13)24-20(26)16(19(25)23-21(24)27)12-14-4-3-5-17(28-2)18(14)29-11-10-22/h3-9,12H,11H2,1-2H3,(H,23,25,27). The third-order valence-electron chi connectivity index (χ3n) is 4.20. The van der Waals surface area contributed by atoms with Crippen molar-refractivity contribution in [3.8, 4) is 17.6 Å². The summed E-state index contributed by atoms with van der Waals surface area (Å²) in [5.41, 5.74) is 1.40. The number of para-hydroxylation sites is 1. The summed E-state index contributed by atoms with van der Waals surface area (Å²) in [6, 6.07) is 12.7. The van der Waals surface area contributed by atoms with Crippen molar-refractivity contribution in [1.82, 2.24) is 5.32 Å². The van der Waals surface area contributed by atoms with Gasteiger partial charge < -0.3 is 9.47 Å². The fourth-order valence-corrected chi connectivity index (χ4v) is 2.81. The first kappa shape index (κ1) is 19.6. The molecule has 8 nitrogen and oxygen atoms in total. The average Bonchev–Trinajstić information content (AvgIpc) is 2.71. The van der Waals surface area contributed by atoms with Crippen molar-refractivity contribution < 1.29 is 23.9 Å². The maximum atomic E-state index is 13.0. The van der Waals surface area contributed by atoms with E-state index in [9.17, 15) is 14.4 Å². The summed E-state index contributed by atoms with van der Waals surface area (Å²) in [5.74, 6) is -1.04. The molecule has 0 bridgehead atoms. The second-order valence-electron chi connectivity index (χ2n) is 6.12. The molecule has 4 amide bonds. The van der Waals surface area contributed by atoms with Gasteiger partial charge in [-0.1, -0.05) is 29.8 Å². The maximum Gasteiger partial charge on any atom is 0.335 e. The molecule has 1 fully saturated rings. The van der Waals surface area contributed by atoms with Gasteiger partial charge in [-0.3, -0.25) is 14.9 Å². The molecule has 1 saturated heterocycles. The molecule has 2 aromatic carbocycles. The van der Waals surface area contributed by atoms with E-state index < -0.39 is 17.8 Å². The Hall–Kier alpha value is -4.12. The number of benzene rings is 2. The Morgan fingerprint density at radius 2 is 1.86 bits per heavy atom. The van der Waals surface area contributed by atoms with Gasteiger partial charge in [0.05, 0.1) is 12.8 Å². The summed E-state index contributed by atoms with van der Waals surface area (Å²) in [7, 11) is 1.43. The molecule has 0 saturated carbocycles. The Morgan fingerprint density at radius 1 is 1.14 bits per heavy atom. The van der Waals surface area contributed by atoms with E-state index >= 15 is 0 Å². The molecule has 8 heteroatoms. The van der Waals surface area contributed by atoms with E-state index in [0.717, 1.165) is 10.5 Å². The lowest BCUT2D eigenvalue weighted by molar-refractivity contribution is -0.122. The van der Waals surface area contributed by atoms with E-state index in [-0.39, 0.29) is 17.9 Å². The minimum Gasteiger partial charge on any atom is -0.493 e. The van der Waals surface area contributed by atoms with Gasteiger partial charge in [0.15, 0.2) is 18.1 Å².